The van der Waals surface area contributed by atoms with Crippen molar-refractivity contribution in [3.63, 3.8) is 0 Å². The SMILES string of the molecule is O=C(NC(CO)CO)C1CC(O)CN1. The fraction of sp³-hybridized carbons (Fsp3) is 0.875. The summed E-state index contributed by atoms with van der Waals surface area (Å²) in [6.07, 6.45) is -0.123. The van der Waals surface area contributed by atoms with Gasteiger partial charge in [-0.25, -0.2) is 0 Å². The van der Waals surface area contributed by atoms with Crippen molar-refractivity contribution in [1.82, 2.24) is 10.6 Å². The Morgan fingerprint density at radius 3 is 2.57 bits per heavy atom. The summed E-state index contributed by atoms with van der Waals surface area (Å²) in [5, 5.41) is 31.9. The molecule has 6 heteroatoms. The molecule has 0 bridgehead atoms. The van der Waals surface area contributed by atoms with Crippen LogP contribution in [0.3, 0.4) is 0 Å². The Hall–Kier alpha value is -0.690. The second kappa shape index (κ2) is 5.26. The van der Waals surface area contributed by atoms with Gasteiger partial charge in [0.15, 0.2) is 0 Å². The molecule has 0 aliphatic carbocycles. The molecule has 0 aromatic rings. The van der Waals surface area contributed by atoms with E-state index in [9.17, 15) is 4.79 Å². The first-order valence-corrected chi connectivity index (χ1v) is 4.61. The second-order valence-corrected chi connectivity index (χ2v) is 3.42. The largest absolute Gasteiger partial charge is 0.394 e. The lowest BCUT2D eigenvalue weighted by atomic mass is 10.2. The first kappa shape index (κ1) is 11.4. The number of hydrogen-bond donors (Lipinski definition) is 5. The molecule has 0 aromatic carbocycles. The molecule has 0 saturated carbocycles. The lowest BCUT2D eigenvalue weighted by Gasteiger charge is -2.16. The van der Waals surface area contributed by atoms with E-state index in [4.69, 9.17) is 15.3 Å². The van der Waals surface area contributed by atoms with E-state index < -0.39 is 18.2 Å². The maximum atomic E-state index is 11.4. The van der Waals surface area contributed by atoms with Crippen LogP contribution in [0, 0.1) is 0 Å². The van der Waals surface area contributed by atoms with Crippen LogP contribution in [0.25, 0.3) is 0 Å². The van der Waals surface area contributed by atoms with Crippen molar-refractivity contribution < 1.29 is 20.1 Å². The number of carbonyl (C=O) groups is 1. The molecule has 82 valence electrons. The van der Waals surface area contributed by atoms with Crippen LogP contribution in [0.4, 0.5) is 0 Å². The molecule has 5 N–H and O–H groups in total. The van der Waals surface area contributed by atoms with Gasteiger partial charge in [-0.2, -0.15) is 0 Å². The average molecular weight is 204 g/mol. The third kappa shape index (κ3) is 2.91. The molecule has 6 nitrogen and oxygen atoms in total. The lowest BCUT2D eigenvalue weighted by molar-refractivity contribution is -0.124. The number of nitrogens with one attached hydrogen (secondary N) is 2. The van der Waals surface area contributed by atoms with E-state index in [0.717, 1.165) is 0 Å². The molecule has 1 fully saturated rings. The molecule has 2 unspecified atom stereocenters. The molecule has 0 aromatic heterocycles. The third-order valence-corrected chi connectivity index (χ3v) is 2.21. The zero-order valence-electron chi connectivity index (χ0n) is 7.81. The van der Waals surface area contributed by atoms with Gasteiger partial charge in [-0.3, -0.25) is 4.79 Å². The quantitative estimate of drug-likeness (QED) is 0.340. The fourth-order valence-corrected chi connectivity index (χ4v) is 1.37. The summed E-state index contributed by atoms with van der Waals surface area (Å²) in [5.74, 6) is -0.297. The van der Waals surface area contributed by atoms with Gasteiger partial charge in [0, 0.05) is 6.54 Å². The summed E-state index contributed by atoms with van der Waals surface area (Å²) < 4.78 is 0. The number of hydrogen-bond acceptors (Lipinski definition) is 5. The second-order valence-electron chi connectivity index (χ2n) is 3.42. The molecule has 2 atom stereocenters. The summed E-state index contributed by atoms with van der Waals surface area (Å²) in [7, 11) is 0. The van der Waals surface area contributed by atoms with E-state index in [1.807, 2.05) is 0 Å². The third-order valence-electron chi connectivity index (χ3n) is 2.21. The first-order chi connectivity index (χ1) is 6.67. The Balaban J connectivity index is 2.34. The van der Waals surface area contributed by atoms with Crippen molar-refractivity contribution in [2.75, 3.05) is 19.8 Å². The molecule has 1 aliphatic heterocycles. The minimum atomic E-state index is -0.623. The summed E-state index contributed by atoms with van der Waals surface area (Å²) in [5.41, 5.74) is 0. The van der Waals surface area contributed by atoms with E-state index in [1.54, 1.807) is 0 Å². The molecule has 14 heavy (non-hydrogen) atoms. The number of amides is 1. The molecule has 1 amide bonds. The molecule has 1 rings (SSSR count). The maximum absolute atomic E-state index is 11.4. The van der Waals surface area contributed by atoms with Gasteiger partial charge in [-0.05, 0) is 6.42 Å². The number of rotatable bonds is 4. The monoisotopic (exact) mass is 204 g/mol. The van der Waals surface area contributed by atoms with Gasteiger partial charge in [0.25, 0.3) is 0 Å². The van der Waals surface area contributed by atoms with Gasteiger partial charge >= 0.3 is 0 Å². The number of carbonyl (C=O) groups excluding carboxylic acids is 1. The average Bonchev–Trinajstić information content (AvgIpc) is 2.61. The minimum Gasteiger partial charge on any atom is -0.394 e. The van der Waals surface area contributed by atoms with Gasteiger partial charge in [-0.1, -0.05) is 0 Å². The Kier molecular flexibility index (Phi) is 4.27. The predicted molar refractivity (Wildman–Crippen MR) is 48.5 cm³/mol. The number of aliphatic hydroxyl groups excluding tert-OH is 3. The van der Waals surface area contributed by atoms with Gasteiger partial charge in [0.05, 0.1) is 31.4 Å². The highest BCUT2D eigenvalue weighted by atomic mass is 16.3. The van der Waals surface area contributed by atoms with Gasteiger partial charge < -0.3 is 26.0 Å². The summed E-state index contributed by atoms with van der Waals surface area (Å²) in [4.78, 5) is 11.4. The van der Waals surface area contributed by atoms with Crippen LogP contribution in [0.5, 0.6) is 0 Å². The molecule has 0 radical (unpaired) electrons. The highest BCUT2D eigenvalue weighted by Gasteiger charge is 2.28. The van der Waals surface area contributed by atoms with E-state index in [0.29, 0.717) is 13.0 Å². The highest BCUT2D eigenvalue weighted by molar-refractivity contribution is 5.82. The van der Waals surface area contributed by atoms with E-state index >= 15 is 0 Å². The normalized spacial score (nSPS) is 26.9. The zero-order valence-corrected chi connectivity index (χ0v) is 7.81. The zero-order chi connectivity index (χ0) is 10.6. The van der Waals surface area contributed by atoms with Crippen LogP contribution >= 0.6 is 0 Å². The van der Waals surface area contributed by atoms with E-state index in [-0.39, 0.29) is 19.1 Å². The minimum absolute atomic E-state index is 0.294. The Morgan fingerprint density at radius 1 is 1.50 bits per heavy atom. The van der Waals surface area contributed by atoms with Gasteiger partial charge in [0.1, 0.15) is 0 Å². The predicted octanol–water partition coefficient (Wildman–Crippen LogP) is -2.82. The lowest BCUT2D eigenvalue weighted by Crippen LogP contribution is -2.47. The molecular formula is C8H16N2O4. The van der Waals surface area contributed by atoms with Crippen LogP contribution in [0.15, 0.2) is 0 Å². The number of β-amino-alcohol motifs (C(OH)–C–C–N with tert-alkyl or cyclic N) is 1. The fourth-order valence-electron chi connectivity index (χ4n) is 1.37. The number of aliphatic hydroxyl groups is 3. The molecule has 1 saturated heterocycles. The molecule has 0 spiro atoms. The summed E-state index contributed by atoms with van der Waals surface area (Å²) in [6.45, 7) is -0.184. The maximum Gasteiger partial charge on any atom is 0.237 e. The smallest absolute Gasteiger partial charge is 0.237 e. The molecular weight excluding hydrogens is 188 g/mol. The van der Waals surface area contributed by atoms with Gasteiger partial charge in [0.2, 0.25) is 5.91 Å². The van der Waals surface area contributed by atoms with E-state index in [2.05, 4.69) is 10.6 Å². The summed E-state index contributed by atoms with van der Waals surface area (Å²) >= 11 is 0. The summed E-state index contributed by atoms with van der Waals surface area (Å²) in [6, 6.07) is -1.05. The first-order valence-electron chi connectivity index (χ1n) is 4.61. The topological polar surface area (TPSA) is 102 Å². The van der Waals surface area contributed by atoms with E-state index in [1.165, 1.54) is 0 Å². The van der Waals surface area contributed by atoms with Crippen LogP contribution in [-0.4, -0.2) is 59.2 Å². The van der Waals surface area contributed by atoms with Crippen molar-refractivity contribution >= 4 is 5.91 Å². The van der Waals surface area contributed by atoms with Crippen molar-refractivity contribution in [3.8, 4) is 0 Å². The Labute approximate surface area is 81.9 Å². The van der Waals surface area contributed by atoms with Crippen molar-refractivity contribution in [2.24, 2.45) is 0 Å². The molecule has 1 aliphatic rings. The van der Waals surface area contributed by atoms with Crippen molar-refractivity contribution in [1.29, 1.82) is 0 Å². The van der Waals surface area contributed by atoms with Crippen LogP contribution in [0.2, 0.25) is 0 Å². The van der Waals surface area contributed by atoms with Crippen LogP contribution < -0.4 is 10.6 Å². The Morgan fingerprint density at radius 2 is 2.14 bits per heavy atom. The van der Waals surface area contributed by atoms with Crippen LogP contribution in [-0.2, 0) is 4.79 Å². The Bertz CT molecular complexity index is 196. The van der Waals surface area contributed by atoms with Crippen LogP contribution in [0.1, 0.15) is 6.42 Å². The molecule has 1 heterocycles. The highest BCUT2D eigenvalue weighted by Crippen LogP contribution is 2.06. The standard InChI is InChI=1S/C8H16N2O4/c11-3-5(4-12)10-8(14)7-1-6(13)2-9-7/h5-7,9,11-13H,1-4H2,(H,10,14). The van der Waals surface area contributed by atoms with Crippen molar-refractivity contribution in [2.45, 2.75) is 24.6 Å². The van der Waals surface area contributed by atoms with Gasteiger partial charge in [-0.15, -0.1) is 0 Å². The van der Waals surface area contributed by atoms with Crippen molar-refractivity contribution in [3.05, 3.63) is 0 Å².